The third-order valence-corrected chi connectivity index (χ3v) is 5.98. The molecule has 2 aromatic rings. The Morgan fingerprint density at radius 3 is 2.06 bits per heavy atom. The first-order chi connectivity index (χ1) is 15.8. The smallest absolute Gasteiger partial charge is 0.407 e. The summed E-state index contributed by atoms with van der Waals surface area (Å²) >= 11 is 0. The second kappa shape index (κ2) is 11.0. The topological polar surface area (TPSA) is 105 Å². The molecule has 3 rings (SSSR count). The Labute approximate surface area is 194 Å². The molecule has 2 atom stereocenters. The molecule has 0 bridgehead atoms. The molecule has 176 valence electrons. The van der Waals surface area contributed by atoms with Gasteiger partial charge in [0, 0.05) is 18.4 Å². The van der Waals surface area contributed by atoms with Crippen LogP contribution in [0.25, 0.3) is 11.1 Å². The highest BCUT2D eigenvalue weighted by molar-refractivity contribution is 5.84. The summed E-state index contributed by atoms with van der Waals surface area (Å²) in [5, 5.41) is 14.6. The lowest BCUT2D eigenvalue weighted by atomic mass is 9.98. The van der Waals surface area contributed by atoms with Gasteiger partial charge in [-0.05, 0) is 34.6 Å². The molecule has 0 fully saturated rings. The van der Waals surface area contributed by atoms with Gasteiger partial charge in [0.25, 0.3) is 0 Å². The number of carboxylic acids is 1. The van der Waals surface area contributed by atoms with Gasteiger partial charge in [0.1, 0.15) is 12.6 Å². The molecule has 0 aliphatic heterocycles. The van der Waals surface area contributed by atoms with Crippen molar-refractivity contribution in [2.45, 2.75) is 58.0 Å². The molecule has 0 saturated carbocycles. The number of fused-ring (bicyclic) bond motifs is 3. The molecule has 0 saturated heterocycles. The number of nitrogens with one attached hydrogen (secondary N) is 2. The second-order valence-electron chi connectivity index (χ2n) is 8.79. The molecular formula is C26H32N2O5. The van der Waals surface area contributed by atoms with Crippen LogP contribution in [0.3, 0.4) is 0 Å². The highest BCUT2D eigenvalue weighted by Gasteiger charge is 2.30. The lowest BCUT2D eigenvalue weighted by Crippen LogP contribution is -2.47. The van der Waals surface area contributed by atoms with Crippen LogP contribution < -0.4 is 10.6 Å². The Kier molecular flexibility index (Phi) is 8.09. The highest BCUT2D eigenvalue weighted by Crippen LogP contribution is 2.44. The normalized spacial score (nSPS) is 14.2. The summed E-state index contributed by atoms with van der Waals surface area (Å²) in [6.07, 6.45) is 0.751. The molecule has 7 nitrogen and oxygen atoms in total. The van der Waals surface area contributed by atoms with Crippen molar-refractivity contribution in [3.63, 3.8) is 0 Å². The van der Waals surface area contributed by atoms with Crippen molar-refractivity contribution in [3.05, 3.63) is 59.7 Å². The molecule has 2 amide bonds. The number of hydrogen-bond donors (Lipinski definition) is 3. The first-order valence-corrected chi connectivity index (χ1v) is 11.5. The number of ether oxygens (including phenoxy) is 1. The number of carbonyl (C=O) groups excluding carboxylic acids is 2. The number of carboxylic acid groups (broad SMARTS) is 1. The van der Waals surface area contributed by atoms with Gasteiger partial charge in [-0.15, -0.1) is 0 Å². The summed E-state index contributed by atoms with van der Waals surface area (Å²) < 4.78 is 5.58. The largest absolute Gasteiger partial charge is 0.480 e. The molecular weight excluding hydrogens is 420 g/mol. The average molecular weight is 453 g/mol. The van der Waals surface area contributed by atoms with E-state index >= 15 is 0 Å². The van der Waals surface area contributed by atoms with E-state index in [1.807, 2.05) is 31.2 Å². The van der Waals surface area contributed by atoms with Crippen molar-refractivity contribution in [1.82, 2.24) is 10.6 Å². The number of amides is 2. The molecule has 0 heterocycles. The van der Waals surface area contributed by atoms with Crippen LogP contribution in [0.4, 0.5) is 4.79 Å². The third-order valence-electron chi connectivity index (χ3n) is 5.98. The van der Waals surface area contributed by atoms with Gasteiger partial charge in [-0.2, -0.15) is 0 Å². The zero-order valence-corrected chi connectivity index (χ0v) is 19.3. The number of alkyl carbamates (subject to hydrolysis) is 1. The number of hydrogen-bond acceptors (Lipinski definition) is 4. The van der Waals surface area contributed by atoms with E-state index in [9.17, 15) is 19.5 Å². The molecule has 2 aromatic carbocycles. The van der Waals surface area contributed by atoms with Crippen molar-refractivity contribution in [2.75, 3.05) is 6.61 Å². The van der Waals surface area contributed by atoms with E-state index in [4.69, 9.17) is 4.74 Å². The van der Waals surface area contributed by atoms with Crippen LogP contribution in [-0.4, -0.2) is 41.8 Å². The van der Waals surface area contributed by atoms with Crippen molar-refractivity contribution in [3.8, 4) is 11.1 Å². The van der Waals surface area contributed by atoms with Gasteiger partial charge in [-0.25, -0.2) is 9.59 Å². The van der Waals surface area contributed by atoms with Crippen molar-refractivity contribution >= 4 is 18.0 Å². The van der Waals surface area contributed by atoms with Gasteiger partial charge in [0.2, 0.25) is 5.91 Å². The van der Waals surface area contributed by atoms with Crippen LogP contribution in [0.5, 0.6) is 0 Å². The van der Waals surface area contributed by atoms with E-state index in [0.29, 0.717) is 6.42 Å². The second-order valence-corrected chi connectivity index (χ2v) is 8.79. The predicted octanol–water partition coefficient (Wildman–Crippen LogP) is 4.31. The van der Waals surface area contributed by atoms with Gasteiger partial charge in [0.15, 0.2) is 0 Å². The lowest BCUT2D eigenvalue weighted by molar-refractivity contribution is -0.143. The fraction of sp³-hybridized carbons (Fsp3) is 0.423. The minimum atomic E-state index is -1.07. The van der Waals surface area contributed by atoms with Gasteiger partial charge in [0.05, 0.1) is 0 Å². The Hall–Kier alpha value is -3.35. The van der Waals surface area contributed by atoms with Crippen LogP contribution in [0.15, 0.2) is 48.5 Å². The maximum Gasteiger partial charge on any atom is 0.407 e. The van der Waals surface area contributed by atoms with E-state index in [0.717, 1.165) is 28.7 Å². The maximum atomic E-state index is 12.6. The zero-order valence-electron chi connectivity index (χ0n) is 19.3. The molecule has 3 N–H and O–H groups in total. The summed E-state index contributed by atoms with van der Waals surface area (Å²) in [6, 6.07) is 14.8. The van der Waals surface area contributed by atoms with E-state index in [1.165, 1.54) is 0 Å². The van der Waals surface area contributed by atoms with Crippen LogP contribution in [-0.2, 0) is 14.3 Å². The summed E-state index contributed by atoms with van der Waals surface area (Å²) in [5.74, 6) is -1.77. The summed E-state index contributed by atoms with van der Waals surface area (Å²) in [6.45, 7) is 5.62. The average Bonchev–Trinajstić information content (AvgIpc) is 3.09. The van der Waals surface area contributed by atoms with Crippen LogP contribution in [0.2, 0.25) is 0 Å². The van der Waals surface area contributed by atoms with Gasteiger partial charge < -0.3 is 20.5 Å². The van der Waals surface area contributed by atoms with Gasteiger partial charge in [-0.1, -0.05) is 75.7 Å². The minimum Gasteiger partial charge on any atom is -0.480 e. The van der Waals surface area contributed by atoms with Crippen LogP contribution >= 0.6 is 0 Å². The molecule has 0 radical (unpaired) electrons. The SMILES string of the molecule is CCCC(CC(=O)NC(C(=O)O)C(C)C)NC(=O)OCC1c2ccccc2-c2ccccc21. The quantitative estimate of drug-likeness (QED) is 0.498. The fourth-order valence-electron chi connectivity index (χ4n) is 4.35. The predicted molar refractivity (Wildman–Crippen MR) is 126 cm³/mol. The van der Waals surface area contributed by atoms with E-state index in [-0.39, 0.29) is 24.9 Å². The highest BCUT2D eigenvalue weighted by atomic mass is 16.5. The molecule has 7 heteroatoms. The van der Waals surface area contributed by atoms with E-state index in [2.05, 4.69) is 34.9 Å². The minimum absolute atomic E-state index is 0.00542. The molecule has 33 heavy (non-hydrogen) atoms. The first-order valence-electron chi connectivity index (χ1n) is 11.5. The third kappa shape index (κ3) is 5.92. The van der Waals surface area contributed by atoms with Gasteiger partial charge >= 0.3 is 12.1 Å². The standard InChI is InChI=1S/C26H32N2O5/c1-4-9-17(14-23(29)28-24(16(2)3)25(30)31)27-26(32)33-15-22-20-12-7-5-10-18(20)19-11-6-8-13-21(19)22/h5-8,10-13,16-17,22,24H,4,9,14-15H2,1-3H3,(H,27,32)(H,28,29)(H,30,31). The Bertz CT molecular complexity index is 958. The molecule has 1 aliphatic carbocycles. The van der Waals surface area contributed by atoms with E-state index < -0.39 is 30.1 Å². The molecule has 0 aromatic heterocycles. The molecule has 1 aliphatic rings. The number of carbonyl (C=O) groups is 3. The number of aliphatic carboxylic acids is 1. The van der Waals surface area contributed by atoms with Crippen molar-refractivity contribution in [1.29, 1.82) is 0 Å². The Morgan fingerprint density at radius 2 is 1.55 bits per heavy atom. The lowest BCUT2D eigenvalue weighted by Gasteiger charge is -2.22. The van der Waals surface area contributed by atoms with Crippen LogP contribution in [0.1, 0.15) is 57.1 Å². The summed E-state index contributed by atoms with van der Waals surface area (Å²) in [7, 11) is 0. The van der Waals surface area contributed by atoms with Crippen molar-refractivity contribution in [2.24, 2.45) is 5.92 Å². The first kappa shape index (κ1) is 24.3. The van der Waals surface area contributed by atoms with Crippen LogP contribution in [0, 0.1) is 5.92 Å². The van der Waals surface area contributed by atoms with Crippen molar-refractivity contribution < 1.29 is 24.2 Å². The van der Waals surface area contributed by atoms with Gasteiger partial charge in [-0.3, -0.25) is 4.79 Å². The summed E-state index contributed by atoms with van der Waals surface area (Å²) in [5.41, 5.74) is 4.57. The molecule has 0 spiro atoms. The monoisotopic (exact) mass is 452 g/mol. The molecule has 2 unspecified atom stereocenters. The maximum absolute atomic E-state index is 12.6. The summed E-state index contributed by atoms with van der Waals surface area (Å²) in [4.78, 5) is 36.3. The number of benzene rings is 2. The fourth-order valence-corrected chi connectivity index (χ4v) is 4.35. The van der Waals surface area contributed by atoms with E-state index in [1.54, 1.807) is 13.8 Å². The number of rotatable bonds is 10. The zero-order chi connectivity index (χ0) is 24.0. The Balaban J connectivity index is 1.59. The Morgan fingerprint density at radius 1 is 0.970 bits per heavy atom.